The van der Waals surface area contributed by atoms with Crippen molar-refractivity contribution >= 4 is 5.97 Å². The molecule has 0 spiro atoms. The van der Waals surface area contributed by atoms with Crippen molar-refractivity contribution in [3.63, 3.8) is 0 Å². The van der Waals surface area contributed by atoms with Crippen molar-refractivity contribution in [3.8, 4) is 0 Å². The second-order valence-corrected chi connectivity index (χ2v) is 6.44. The molecule has 0 aromatic carbocycles. The minimum Gasteiger partial charge on any atom is -0.457 e. The lowest BCUT2D eigenvalue weighted by molar-refractivity contribution is -0.302. The molecule has 10 atom stereocenters. The Labute approximate surface area is 155 Å². The van der Waals surface area contributed by atoms with Crippen LogP contribution in [0.3, 0.4) is 0 Å². The van der Waals surface area contributed by atoms with Gasteiger partial charge in [0.2, 0.25) is 0 Å². The van der Waals surface area contributed by atoms with Gasteiger partial charge in [-0.3, -0.25) is 4.79 Å². The van der Waals surface area contributed by atoms with Crippen molar-refractivity contribution in [1.29, 1.82) is 0 Å². The standard InChI is InChI=1S/C15H29NO11/c1-5(19)10(22)14(13(7(21)3-17)25-6(2)20)27-15-9(16)12(24)11(23)8(4-18)26-15/h5,7-15,17-19,21-24H,3-4,16H2,1-2H3/t5?,7-,8?,9?,10+,11-,12?,13?,14?,15-/m1/s1. The van der Waals surface area contributed by atoms with Gasteiger partial charge in [-0.15, -0.1) is 0 Å². The van der Waals surface area contributed by atoms with Gasteiger partial charge in [-0.25, -0.2) is 0 Å². The number of rotatable bonds is 9. The normalized spacial score (nSPS) is 34.4. The van der Waals surface area contributed by atoms with Gasteiger partial charge in [0.05, 0.1) is 25.4 Å². The first-order valence-electron chi connectivity index (χ1n) is 8.40. The Bertz CT molecular complexity index is 463. The van der Waals surface area contributed by atoms with Crippen LogP contribution in [0.2, 0.25) is 0 Å². The minimum atomic E-state index is -1.72. The number of hydrogen-bond acceptors (Lipinski definition) is 12. The fourth-order valence-electron chi connectivity index (χ4n) is 2.67. The molecule has 9 N–H and O–H groups in total. The third-order valence-electron chi connectivity index (χ3n) is 4.24. The van der Waals surface area contributed by atoms with Gasteiger partial charge in [-0.2, -0.15) is 0 Å². The van der Waals surface area contributed by atoms with E-state index in [-0.39, 0.29) is 0 Å². The van der Waals surface area contributed by atoms with Crippen LogP contribution >= 0.6 is 0 Å². The molecule has 0 saturated carbocycles. The topological polar surface area (TPSA) is 212 Å². The average Bonchev–Trinajstić information content (AvgIpc) is 2.62. The van der Waals surface area contributed by atoms with Crippen LogP contribution in [0.1, 0.15) is 13.8 Å². The van der Waals surface area contributed by atoms with E-state index < -0.39 is 80.3 Å². The van der Waals surface area contributed by atoms with Crippen molar-refractivity contribution in [2.45, 2.75) is 75.0 Å². The molecule has 1 aliphatic heterocycles. The Morgan fingerprint density at radius 3 is 2.19 bits per heavy atom. The summed E-state index contributed by atoms with van der Waals surface area (Å²) in [5.41, 5.74) is 5.76. The van der Waals surface area contributed by atoms with E-state index in [2.05, 4.69) is 0 Å². The van der Waals surface area contributed by atoms with Gasteiger partial charge < -0.3 is 55.7 Å². The first kappa shape index (κ1) is 24.1. The third kappa shape index (κ3) is 6.02. The van der Waals surface area contributed by atoms with E-state index in [1.165, 1.54) is 6.92 Å². The van der Waals surface area contributed by atoms with Crippen LogP contribution < -0.4 is 5.73 Å². The molecule has 0 aromatic rings. The number of nitrogens with two attached hydrogens (primary N) is 1. The Hall–Kier alpha value is -0.930. The summed E-state index contributed by atoms with van der Waals surface area (Å²) in [7, 11) is 0. The van der Waals surface area contributed by atoms with Gasteiger partial charge in [-0.05, 0) is 6.92 Å². The van der Waals surface area contributed by atoms with E-state index in [1.54, 1.807) is 0 Å². The van der Waals surface area contributed by atoms with Crippen LogP contribution in [0.4, 0.5) is 0 Å². The number of carbonyl (C=O) groups excluding carboxylic acids is 1. The zero-order valence-corrected chi connectivity index (χ0v) is 15.0. The number of carbonyl (C=O) groups is 1. The number of esters is 1. The molecule has 1 rings (SSSR count). The summed E-state index contributed by atoms with van der Waals surface area (Å²) in [5.74, 6) is -0.864. The highest BCUT2D eigenvalue weighted by Gasteiger charge is 2.47. The van der Waals surface area contributed by atoms with Gasteiger partial charge in [0.25, 0.3) is 0 Å². The van der Waals surface area contributed by atoms with Crippen LogP contribution in [0.5, 0.6) is 0 Å². The minimum absolute atomic E-state index is 0.679. The fourth-order valence-corrected chi connectivity index (χ4v) is 2.67. The molecular formula is C15H29NO11. The van der Waals surface area contributed by atoms with Crippen molar-refractivity contribution in [3.05, 3.63) is 0 Å². The van der Waals surface area contributed by atoms with Crippen molar-refractivity contribution < 1.29 is 54.8 Å². The van der Waals surface area contributed by atoms with Crippen LogP contribution in [-0.2, 0) is 19.0 Å². The summed E-state index contributed by atoms with van der Waals surface area (Å²) in [5, 5.41) is 68.1. The lowest BCUT2D eigenvalue weighted by Gasteiger charge is -2.43. The number of hydrogen-bond donors (Lipinski definition) is 8. The summed E-state index contributed by atoms with van der Waals surface area (Å²) in [6.45, 7) is 0.686. The van der Waals surface area contributed by atoms with Crippen molar-refractivity contribution in [2.75, 3.05) is 13.2 Å². The zero-order chi connectivity index (χ0) is 20.9. The Balaban J connectivity index is 3.13. The predicted molar refractivity (Wildman–Crippen MR) is 86.9 cm³/mol. The molecular weight excluding hydrogens is 370 g/mol. The van der Waals surface area contributed by atoms with E-state index in [1.807, 2.05) is 0 Å². The Kier molecular flexibility index (Phi) is 9.44. The first-order valence-corrected chi connectivity index (χ1v) is 8.40. The summed E-state index contributed by atoms with van der Waals surface area (Å²) in [6, 6.07) is -1.34. The SMILES string of the molecule is CC(=O)OC(C(O[C@H]1OC(CO)[C@@H](O)C(O)C1N)[C@@H](O)C(C)O)[C@H](O)CO. The fraction of sp³-hybridized carbons (Fsp3) is 0.933. The van der Waals surface area contributed by atoms with E-state index in [0.717, 1.165) is 6.92 Å². The lowest BCUT2D eigenvalue weighted by Crippen LogP contribution is -2.65. The lowest BCUT2D eigenvalue weighted by atomic mass is 9.96. The summed E-state index contributed by atoms with van der Waals surface area (Å²) >= 11 is 0. The highest BCUT2D eigenvalue weighted by Crippen LogP contribution is 2.25. The highest BCUT2D eigenvalue weighted by molar-refractivity contribution is 5.66. The van der Waals surface area contributed by atoms with E-state index in [0.29, 0.717) is 0 Å². The van der Waals surface area contributed by atoms with E-state index in [9.17, 15) is 40.5 Å². The largest absolute Gasteiger partial charge is 0.457 e. The van der Waals surface area contributed by atoms with Crippen molar-refractivity contribution in [2.24, 2.45) is 5.73 Å². The molecule has 6 unspecified atom stereocenters. The van der Waals surface area contributed by atoms with Gasteiger partial charge in [-0.1, -0.05) is 0 Å². The van der Waals surface area contributed by atoms with E-state index in [4.69, 9.17) is 19.9 Å². The monoisotopic (exact) mass is 399 g/mol. The molecule has 0 amide bonds. The average molecular weight is 399 g/mol. The number of ether oxygens (including phenoxy) is 3. The zero-order valence-electron chi connectivity index (χ0n) is 15.0. The van der Waals surface area contributed by atoms with Gasteiger partial charge >= 0.3 is 5.97 Å². The maximum atomic E-state index is 11.3. The maximum Gasteiger partial charge on any atom is 0.303 e. The molecule has 1 aliphatic rings. The molecule has 1 saturated heterocycles. The second-order valence-electron chi connectivity index (χ2n) is 6.44. The van der Waals surface area contributed by atoms with Crippen LogP contribution in [0.15, 0.2) is 0 Å². The third-order valence-corrected chi connectivity index (χ3v) is 4.24. The van der Waals surface area contributed by atoms with Gasteiger partial charge in [0, 0.05) is 6.92 Å². The molecule has 160 valence electrons. The summed E-state index contributed by atoms with van der Waals surface area (Å²) < 4.78 is 15.7. The predicted octanol–water partition coefficient (Wildman–Crippen LogP) is -4.84. The highest BCUT2D eigenvalue weighted by atomic mass is 16.7. The Morgan fingerprint density at radius 1 is 1.15 bits per heavy atom. The van der Waals surface area contributed by atoms with Gasteiger partial charge in [0.1, 0.15) is 36.6 Å². The molecule has 0 aliphatic carbocycles. The molecule has 0 bridgehead atoms. The summed E-state index contributed by atoms with van der Waals surface area (Å²) in [6.07, 6.45) is -13.9. The smallest absolute Gasteiger partial charge is 0.303 e. The molecule has 27 heavy (non-hydrogen) atoms. The molecule has 1 fully saturated rings. The number of aliphatic hydroxyl groups is 7. The molecule has 0 radical (unpaired) electrons. The van der Waals surface area contributed by atoms with Gasteiger partial charge in [0.15, 0.2) is 12.4 Å². The number of aliphatic hydroxyl groups excluding tert-OH is 7. The molecule has 12 heteroatoms. The molecule has 1 heterocycles. The van der Waals surface area contributed by atoms with Crippen LogP contribution in [-0.4, -0.2) is 116 Å². The first-order chi connectivity index (χ1) is 12.5. The van der Waals surface area contributed by atoms with Crippen molar-refractivity contribution in [1.82, 2.24) is 0 Å². The quantitative estimate of drug-likeness (QED) is 0.171. The maximum absolute atomic E-state index is 11.3. The van der Waals surface area contributed by atoms with Crippen LogP contribution in [0.25, 0.3) is 0 Å². The molecule has 0 aromatic heterocycles. The van der Waals surface area contributed by atoms with E-state index >= 15 is 0 Å². The molecule has 12 nitrogen and oxygen atoms in total. The van der Waals surface area contributed by atoms with Crippen LogP contribution in [0, 0.1) is 0 Å². The Morgan fingerprint density at radius 2 is 1.74 bits per heavy atom. The second kappa shape index (κ2) is 10.6. The summed E-state index contributed by atoms with van der Waals surface area (Å²) in [4.78, 5) is 11.3.